The summed E-state index contributed by atoms with van der Waals surface area (Å²) in [5.41, 5.74) is -1.16. The summed E-state index contributed by atoms with van der Waals surface area (Å²) in [5, 5.41) is 0. The quantitative estimate of drug-likeness (QED) is 0.810. The predicted molar refractivity (Wildman–Crippen MR) is 75.9 cm³/mol. The number of nitrogens with zero attached hydrogens (tertiary/aromatic N) is 1. The summed E-state index contributed by atoms with van der Waals surface area (Å²) < 4.78 is 24.1. The van der Waals surface area contributed by atoms with Crippen molar-refractivity contribution < 1.29 is 18.9 Å². The Balaban J connectivity index is 2.04. The molecule has 1 unspecified atom stereocenters. The summed E-state index contributed by atoms with van der Waals surface area (Å²) in [7, 11) is 3.18. The van der Waals surface area contributed by atoms with Crippen LogP contribution in [0.3, 0.4) is 0 Å². The van der Waals surface area contributed by atoms with Crippen molar-refractivity contribution >= 4 is 0 Å². The molecule has 122 valence electrons. The maximum absolute atomic E-state index is 12.1. The molecule has 3 heterocycles. The molecule has 0 aliphatic carbocycles. The van der Waals surface area contributed by atoms with Crippen molar-refractivity contribution in [2.45, 2.75) is 37.4 Å². The summed E-state index contributed by atoms with van der Waals surface area (Å²) in [5.74, 6) is 0. The van der Waals surface area contributed by atoms with Crippen LogP contribution in [0.25, 0.3) is 0 Å². The molecule has 8 heteroatoms. The Kier molecular flexibility index (Phi) is 3.94. The van der Waals surface area contributed by atoms with Crippen molar-refractivity contribution in [2.75, 3.05) is 27.4 Å². The molecular weight excluding hydrogens is 292 g/mol. The van der Waals surface area contributed by atoms with Gasteiger partial charge < -0.3 is 18.9 Å². The van der Waals surface area contributed by atoms with E-state index in [-0.39, 0.29) is 6.10 Å². The first-order chi connectivity index (χ1) is 10.5. The highest BCUT2D eigenvalue weighted by Crippen LogP contribution is 2.45. The normalized spacial score (nSPS) is 34.0. The van der Waals surface area contributed by atoms with Gasteiger partial charge in [0.1, 0.15) is 17.8 Å². The first-order valence-electron chi connectivity index (χ1n) is 7.15. The van der Waals surface area contributed by atoms with Crippen molar-refractivity contribution in [3.8, 4) is 0 Å². The third-order valence-electron chi connectivity index (χ3n) is 4.35. The van der Waals surface area contributed by atoms with Crippen LogP contribution in [-0.2, 0) is 18.9 Å². The van der Waals surface area contributed by atoms with Crippen molar-refractivity contribution in [1.82, 2.24) is 9.55 Å². The fourth-order valence-electron chi connectivity index (χ4n) is 3.33. The number of H-pyrrole nitrogens is 1. The topological polar surface area (TPSA) is 91.8 Å². The molecule has 1 N–H and O–H groups in total. The van der Waals surface area contributed by atoms with Gasteiger partial charge in [-0.1, -0.05) is 0 Å². The number of aromatic amines is 1. The SMILES string of the molecule is COC[C@]12CCO[C@@H](C1OC)[C@H](n1cc(C)c(=O)[nH]c1=O)O2. The maximum atomic E-state index is 12.1. The van der Waals surface area contributed by atoms with Gasteiger partial charge in [-0.05, 0) is 6.92 Å². The third kappa shape index (κ3) is 2.23. The summed E-state index contributed by atoms with van der Waals surface area (Å²) >= 11 is 0. The maximum Gasteiger partial charge on any atom is 0.330 e. The van der Waals surface area contributed by atoms with Crippen molar-refractivity contribution in [2.24, 2.45) is 0 Å². The molecule has 0 aromatic carbocycles. The Morgan fingerprint density at radius 1 is 1.45 bits per heavy atom. The minimum atomic E-state index is -0.661. The summed E-state index contributed by atoms with van der Waals surface area (Å²) in [6, 6.07) is 0. The molecule has 2 aliphatic heterocycles. The summed E-state index contributed by atoms with van der Waals surface area (Å²) in [4.78, 5) is 25.9. The number of ether oxygens (including phenoxy) is 4. The van der Waals surface area contributed by atoms with E-state index in [1.165, 1.54) is 10.8 Å². The highest BCUT2D eigenvalue weighted by atomic mass is 16.6. The Morgan fingerprint density at radius 2 is 2.23 bits per heavy atom. The summed E-state index contributed by atoms with van der Waals surface area (Å²) in [6.07, 6.45) is 0.667. The van der Waals surface area contributed by atoms with Gasteiger partial charge in [-0.2, -0.15) is 0 Å². The zero-order valence-corrected chi connectivity index (χ0v) is 12.8. The minimum Gasteiger partial charge on any atom is -0.382 e. The molecule has 0 radical (unpaired) electrons. The van der Waals surface area contributed by atoms with E-state index in [4.69, 9.17) is 18.9 Å². The second kappa shape index (κ2) is 5.62. The first-order valence-corrected chi connectivity index (χ1v) is 7.15. The van der Waals surface area contributed by atoms with E-state index in [1.54, 1.807) is 21.1 Å². The number of aromatic nitrogens is 2. The molecule has 22 heavy (non-hydrogen) atoms. The van der Waals surface area contributed by atoms with Gasteiger partial charge in [0.25, 0.3) is 5.56 Å². The average Bonchev–Trinajstić information content (AvgIpc) is 2.65. The lowest BCUT2D eigenvalue weighted by molar-refractivity contribution is -0.159. The molecule has 2 bridgehead atoms. The molecular formula is C14H20N2O6. The Hall–Kier alpha value is -1.48. The first kappa shape index (κ1) is 15.4. The van der Waals surface area contributed by atoms with Crippen LogP contribution in [0.4, 0.5) is 0 Å². The van der Waals surface area contributed by atoms with Gasteiger partial charge >= 0.3 is 5.69 Å². The van der Waals surface area contributed by atoms with Gasteiger partial charge in [0, 0.05) is 32.4 Å². The van der Waals surface area contributed by atoms with E-state index in [0.29, 0.717) is 25.2 Å². The molecule has 0 amide bonds. The van der Waals surface area contributed by atoms with Gasteiger partial charge in [-0.15, -0.1) is 0 Å². The van der Waals surface area contributed by atoms with Crippen LogP contribution < -0.4 is 11.2 Å². The largest absolute Gasteiger partial charge is 0.382 e. The fourth-order valence-corrected chi connectivity index (χ4v) is 3.33. The van der Waals surface area contributed by atoms with Crippen LogP contribution in [-0.4, -0.2) is 54.8 Å². The average molecular weight is 312 g/mol. The van der Waals surface area contributed by atoms with E-state index < -0.39 is 29.2 Å². The van der Waals surface area contributed by atoms with E-state index in [2.05, 4.69) is 4.98 Å². The number of hydrogen-bond acceptors (Lipinski definition) is 6. The Bertz CT molecular complexity index is 664. The second-order valence-electron chi connectivity index (χ2n) is 5.73. The van der Waals surface area contributed by atoms with E-state index >= 15 is 0 Å². The van der Waals surface area contributed by atoms with E-state index in [9.17, 15) is 9.59 Å². The molecule has 8 nitrogen and oxygen atoms in total. The van der Waals surface area contributed by atoms with Crippen LogP contribution in [0.1, 0.15) is 18.2 Å². The zero-order valence-electron chi connectivity index (χ0n) is 12.8. The smallest absolute Gasteiger partial charge is 0.330 e. The second-order valence-corrected chi connectivity index (χ2v) is 5.73. The third-order valence-corrected chi connectivity index (χ3v) is 4.35. The van der Waals surface area contributed by atoms with Gasteiger partial charge in [0.15, 0.2) is 6.23 Å². The number of rotatable bonds is 4. The van der Waals surface area contributed by atoms with Gasteiger partial charge in [0.2, 0.25) is 0 Å². The number of aryl methyl sites for hydroxylation is 1. The Morgan fingerprint density at radius 3 is 2.91 bits per heavy atom. The van der Waals surface area contributed by atoms with E-state index in [1.807, 2.05) is 0 Å². The van der Waals surface area contributed by atoms with Crippen LogP contribution in [0, 0.1) is 6.92 Å². The number of fused-ring (bicyclic) bond motifs is 2. The van der Waals surface area contributed by atoms with Gasteiger partial charge in [-0.25, -0.2) is 4.79 Å². The van der Waals surface area contributed by atoms with Crippen LogP contribution in [0.5, 0.6) is 0 Å². The molecule has 1 aromatic heterocycles. The molecule has 4 atom stereocenters. The number of nitrogens with one attached hydrogen (secondary N) is 1. The molecule has 1 aromatic rings. The Labute approximate surface area is 126 Å². The zero-order chi connectivity index (χ0) is 15.9. The lowest BCUT2D eigenvalue weighted by Gasteiger charge is -2.37. The van der Waals surface area contributed by atoms with E-state index in [0.717, 1.165) is 0 Å². The predicted octanol–water partition coefficient (Wildman–Crippen LogP) is -0.437. The highest BCUT2D eigenvalue weighted by Gasteiger charge is 2.59. The lowest BCUT2D eigenvalue weighted by atomic mass is 9.90. The van der Waals surface area contributed by atoms with Crippen LogP contribution >= 0.6 is 0 Å². The van der Waals surface area contributed by atoms with Crippen molar-refractivity contribution in [3.63, 3.8) is 0 Å². The van der Waals surface area contributed by atoms with Crippen LogP contribution in [0.2, 0.25) is 0 Å². The van der Waals surface area contributed by atoms with Crippen molar-refractivity contribution in [1.29, 1.82) is 0 Å². The molecule has 0 spiro atoms. The lowest BCUT2D eigenvalue weighted by Crippen LogP contribution is -2.52. The standard InChI is InChI=1S/C14H20N2O6/c1-8-6-16(13(18)15-11(8)17)12-9-10(20-3)14(22-12,7-19-2)4-5-21-9/h6,9-10,12H,4-5,7H2,1-3H3,(H,15,17,18)/t9-,10?,12+,14+/m0/s1. The van der Waals surface area contributed by atoms with Gasteiger partial charge in [-0.3, -0.25) is 14.3 Å². The molecule has 0 saturated carbocycles. The van der Waals surface area contributed by atoms with Gasteiger partial charge in [0.05, 0.1) is 13.2 Å². The number of hydrogen-bond donors (Lipinski definition) is 1. The molecule has 2 aliphatic rings. The molecule has 2 fully saturated rings. The fraction of sp³-hybridized carbons (Fsp3) is 0.714. The summed E-state index contributed by atoms with van der Waals surface area (Å²) in [6.45, 7) is 2.48. The van der Waals surface area contributed by atoms with Crippen molar-refractivity contribution in [3.05, 3.63) is 32.6 Å². The van der Waals surface area contributed by atoms with Crippen LogP contribution in [0.15, 0.2) is 15.8 Å². The molecule has 2 saturated heterocycles. The highest BCUT2D eigenvalue weighted by molar-refractivity contribution is 5.08. The minimum absolute atomic E-state index is 0.342. The monoisotopic (exact) mass is 312 g/mol. The molecule has 3 rings (SSSR count). The number of methoxy groups -OCH3 is 2.